The Morgan fingerprint density at radius 3 is 2.53 bits per heavy atom. The Balaban J connectivity index is 0.763. The first-order valence-corrected chi connectivity index (χ1v) is 20.4. The SMILES string of the molecule is CN(C)C(C(=O)Nc1ccc2cnccc2c1)c1ccc(COC(=O)C2CC2C(=O)OCC(=O)[C@@]23CC[C@H]4[C@@H]5CCC6=CC(=O)C=C[C@]6(C)[C@H]5[C@@H](O)C[C@@]42CO3)cc1. The second-order valence-electron chi connectivity index (χ2n) is 17.7. The van der Waals surface area contributed by atoms with Crippen LogP contribution in [0.15, 0.2) is 84.7 Å². The van der Waals surface area contributed by atoms with Gasteiger partial charge in [0.25, 0.3) is 0 Å². The summed E-state index contributed by atoms with van der Waals surface area (Å²) in [6.45, 7) is 2.08. The molecule has 9 rings (SSSR count). The van der Waals surface area contributed by atoms with E-state index in [1.54, 1.807) is 24.5 Å². The molecular weight excluding hydrogens is 739 g/mol. The molecule has 0 bridgehead atoms. The number of pyridine rings is 1. The van der Waals surface area contributed by atoms with E-state index in [1.807, 2.05) is 73.6 Å². The second-order valence-corrected chi connectivity index (χ2v) is 17.7. The fourth-order valence-electron chi connectivity index (χ4n) is 11.5. The quantitative estimate of drug-likeness (QED) is 0.243. The number of allylic oxidation sites excluding steroid dienone is 4. The third-order valence-electron chi connectivity index (χ3n) is 14.4. The molecule has 2 N–H and O–H groups in total. The monoisotopic (exact) mass is 787 g/mol. The van der Waals surface area contributed by atoms with Crippen LogP contribution in [0.3, 0.4) is 0 Å². The predicted octanol–water partition coefficient (Wildman–Crippen LogP) is 5.30. The molecule has 1 aliphatic heterocycles. The van der Waals surface area contributed by atoms with Gasteiger partial charge in [0, 0.05) is 40.2 Å². The van der Waals surface area contributed by atoms with Crippen molar-refractivity contribution in [1.29, 1.82) is 0 Å². The molecule has 5 fully saturated rings. The van der Waals surface area contributed by atoms with Crippen molar-refractivity contribution in [2.24, 2.45) is 40.4 Å². The molecule has 3 unspecified atom stereocenters. The number of aromatic nitrogens is 1. The third kappa shape index (κ3) is 6.22. The zero-order valence-electron chi connectivity index (χ0n) is 33.0. The molecule has 3 aromatic rings. The number of carbonyl (C=O) groups is 5. The molecule has 1 spiro atoms. The van der Waals surface area contributed by atoms with Gasteiger partial charge in [0.05, 0.1) is 24.5 Å². The molecule has 2 heterocycles. The first-order chi connectivity index (χ1) is 27.8. The highest BCUT2D eigenvalue weighted by atomic mass is 16.6. The van der Waals surface area contributed by atoms with Crippen LogP contribution < -0.4 is 5.32 Å². The number of ether oxygens (including phenoxy) is 3. The summed E-state index contributed by atoms with van der Waals surface area (Å²) in [5.74, 6) is -2.58. The number of aliphatic hydroxyl groups is 1. The number of hydrogen-bond donors (Lipinski definition) is 2. The number of hydrogen-bond acceptors (Lipinski definition) is 11. The van der Waals surface area contributed by atoms with Gasteiger partial charge >= 0.3 is 11.9 Å². The van der Waals surface area contributed by atoms with Crippen LogP contribution in [0, 0.1) is 40.4 Å². The van der Waals surface area contributed by atoms with Gasteiger partial charge in [-0.05, 0) is 111 Å². The number of aliphatic hydroxyl groups excluding tert-OH is 1. The van der Waals surface area contributed by atoms with Gasteiger partial charge in [-0.1, -0.05) is 48.9 Å². The topological polar surface area (TPSA) is 161 Å². The average Bonchev–Trinajstić information content (AvgIpc) is 3.97. The van der Waals surface area contributed by atoms with Crippen molar-refractivity contribution in [2.75, 3.05) is 32.6 Å². The van der Waals surface area contributed by atoms with Gasteiger partial charge in [0.2, 0.25) is 11.7 Å². The smallest absolute Gasteiger partial charge is 0.310 e. The Labute approximate surface area is 337 Å². The van der Waals surface area contributed by atoms with Crippen LogP contribution in [0.25, 0.3) is 10.8 Å². The van der Waals surface area contributed by atoms with Crippen LogP contribution in [-0.4, -0.2) is 83.4 Å². The van der Waals surface area contributed by atoms with Crippen LogP contribution in [0.4, 0.5) is 5.69 Å². The van der Waals surface area contributed by atoms with Gasteiger partial charge in [-0.15, -0.1) is 0 Å². The summed E-state index contributed by atoms with van der Waals surface area (Å²) < 4.78 is 17.3. The van der Waals surface area contributed by atoms with Gasteiger partial charge in [-0.3, -0.25) is 33.9 Å². The predicted molar refractivity (Wildman–Crippen MR) is 212 cm³/mol. The van der Waals surface area contributed by atoms with Gasteiger partial charge in [0.15, 0.2) is 12.4 Å². The molecule has 302 valence electrons. The first-order valence-electron chi connectivity index (χ1n) is 20.4. The number of esters is 2. The standard InChI is InChI=1S/C46H49N3O9/c1-44-15-12-32(50)19-30(44)9-11-33-36-13-16-46(45(36,25-58-46)21-37(51)39(33)44)38(52)24-57-43(55)35-20-34(35)42(54)56-23-26-4-6-27(7-5-26)40(49(2)3)41(53)48-31-10-8-29-22-47-17-14-28(29)18-31/h4-8,10,12,14-15,17-19,22,33-37,39-40,51H,9,11,13,16,20-21,23-25H2,1-3H3,(H,48,53)/t33-,34?,35?,36-,37-,39+,40?,44-,45+,46-/m0/s1. The van der Waals surface area contributed by atoms with E-state index < -0.39 is 59.0 Å². The molecule has 1 aromatic heterocycles. The molecule has 1 saturated heterocycles. The Hall–Kier alpha value is -5.04. The number of fused-ring (bicyclic) bond motifs is 5. The summed E-state index contributed by atoms with van der Waals surface area (Å²) in [5.41, 5.74) is 1.27. The van der Waals surface area contributed by atoms with Crippen LogP contribution in [0.5, 0.6) is 0 Å². The Morgan fingerprint density at radius 1 is 1.02 bits per heavy atom. The molecule has 6 aliphatic rings. The number of anilines is 1. The second kappa shape index (κ2) is 14.4. The van der Waals surface area contributed by atoms with E-state index in [9.17, 15) is 29.1 Å². The number of carbonyl (C=O) groups excluding carboxylic acids is 5. The zero-order valence-corrected chi connectivity index (χ0v) is 33.0. The van der Waals surface area contributed by atoms with E-state index in [2.05, 4.69) is 17.2 Å². The number of benzene rings is 2. The summed E-state index contributed by atoms with van der Waals surface area (Å²) in [5, 5.41) is 16.7. The van der Waals surface area contributed by atoms with Crippen LogP contribution >= 0.6 is 0 Å². The minimum absolute atomic E-state index is 0.00259. The maximum atomic E-state index is 13.9. The van der Waals surface area contributed by atoms with Crippen LogP contribution in [-0.2, 0) is 44.8 Å². The maximum absolute atomic E-state index is 13.9. The largest absolute Gasteiger partial charge is 0.461 e. The van der Waals surface area contributed by atoms with Crippen molar-refractivity contribution in [3.05, 3.63) is 95.9 Å². The Bertz CT molecular complexity index is 2270. The van der Waals surface area contributed by atoms with E-state index in [0.717, 1.165) is 46.7 Å². The van der Waals surface area contributed by atoms with E-state index in [0.29, 0.717) is 25.1 Å². The molecule has 58 heavy (non-hydrogen) atoms. The fraction of sp³-hybridized carbons (Fsp3) is 0.478. The highest BCUT2D eigenvalue weighted by molar-refractivity contribution is 6.01. The number of nitrogens with zero attached hydrogens (tertiary/aromatic N) is 2. The third-order valence-corrected chi connectivity index (χ3v) is 14.4. The number of nitrogens with one attached hydrogen (secondary N) is 1. The highest BCUT2D eigenvalue weighted by Gasteiger charge is 2.76. The molecule has 12 heteroatoms. The molecule has 1 amide bonds. The van der Waals surface area contributed by atoms with E-state index in [4.69, 9.17) is 14.2 Å². The minimum atomic E-state index is -1.09. The lowest BCUT2D eigenvalue weighted by atomic mass is 9.45. The van der Waals surface area contributed by atoms with Crippen molar-refractivity contribution in [3.63, 3.8) is 0 Å². The maximum Gasteiger partial charge on any atom is 0.310 e. The van der Waals surface area contributed by atoms with Gasteiger partial charge < -0.3 is 24.6 Å². The van der Waals surface area contributed by atoms with Gasteiger partial charge in [-0.25, -0.2) is 0 Å². The lowest BCUT2D eigenvalue weighted by Gasteiger charge is -2.65. The molecule has 4 saturated carbocycles. The summed E-state index contributed by atoms with van der Waals surface area (Å²) in [6.07, 6.45) is 11.8. The van der Waals surface area contributed by atoms with Gasteiger partial charge in [0.1, 0.15) is 18.2 Å². The number of ketones is 2. The van der Waals surface area contributed by atoms with E-state index in [1.165, 1.54) is 0 Å². The summed E-state index contributed by atoms with van der Waals surface area (Å²) in [7, 11) is 3.67. The van der Waals surface area contributed by atoms with Crippen molar-refractivity contribution >= 4 is 45.9 Å². The number of likely N-dealkylation sites (N-methyl/N-ethyl adjacent to an activating group) is 1. The first kappa shape index (κ1) is 38.5. The highest BCUT2D eigenvalue weighted by Crippen LogP contribution is 2.71. The molecule has 0 radical (unpaired) electrons. The van der Waals surface area contributed by atoms with Gasteiger partial charge in [-0.2, -0.15) is 0 Å². The molecule has 5 aliphatic carbocycles. The zero-order chi connectivity index (χ0) is 40.6. The summed E-state index contributed by atoms with van der Waals surface area (Å²) in [6, 6.07) is 14.3. The van der Waals surface area contributed by atoms with Crippen molar-refractivity contribution in [3.8, 4) is 0 Å². The van der Waals surface area contributed by atoms with Crippen molar-refractivity contribution in [1.82, 2.24) is 9.88 Å². The van der Waals surface area contributed by atoms with Crippen LogP contribution in [0.1, 0.15) is 62.6 Å². The normalized spacial score (nSPS) is 33.4. The summed E-state index contributed by atoms with van der Waals surface area (Å²) in [4.78, 5) is 71.5. The lowest BCUT2D eigenvalue weighted by molar-refractivity contribution is -0.287. The molecule has 2 aromatic carbocycles. The van der Waals surface area contributed by atoms with Crippen LogP contribution in [0.2, 0.25) is 0 Å². The fourth-order valence-corrected chi connectivity index (χ4v) is 11.5. The average molecular weight is 788 g/mol. The molecule has 10 atom stereocenters. The van der Waals surface area contributed by atoms with Crippen molar-refractivity contribution in [2.45, 2.75) is 69.8 Å². The number of rotatable bonds is 11. The minimum Gasteiger partial charge on any atom is -0.461 e. The lowest BCUT2D eigenvalue weighted by Crippen LogP contribution is -2.71. The summed E-state index contributed by atoms with van der Waals surface area (Å²) >= 11 is 0. The van der Waals surface area contributed by atoms with E-state index >= 15 is 0 Å². The Kier molecular flexibility index (Phi) is 9.52. The number of Topliss-reactive ketones (excluding diaryl/α,β-unsaturated/α-hetero) is 1. The number of amides is 1. The van der Waals surface area contributed by atoms with E-state index in [-0.39, 0.29) is 48.3 Å². The molecular formula is C46H49N3O9. The molecule has 12 nitrogen and oxygen atoms in total. The van der Waals surface area contributed by atoms with Crippen molar-refractivity contribution < 1.29 is 43.3 Å². The Morgan fingerprint density at radius 2 is 1.79 bits per heavy atom.